The van der Waals surface area contributed by atoms with E-state index >= 15 is 0 Å². The maximum absolute atomic E-state index is 3.23. The third-order valence-corrected chi connectivity index (χ3v) is 3.10. The monoisotopic (exact) mass is 198 g/mol. The van der Waals surface area contributed by atoms with E-state index in [1.807, 2.05) is 6.20 Å². The van der Waals surface area contributed by atoms with Crippen LogP contribution in [-0.2, 0) is 6.42 Å². The smallest absolute Gasteiger partial charge is 0.0618 e. The minimum atomic E-state index is 1.10. The summed E-state index contributed by atoms with van der Waals surface area (Å²) < 4.78 is 0. The van der Waals surface area contributed by atoms with Gasteiger partial charge in [-0.25, -0.2) is 0 Å². The molecular weight excluding hydrogens is 184 g/mol. The molecule has 0 aliphatic carbocycles. The molecule has 2 heterocycles. The Morgan fingerprint density at radius 1 is 1.13 bits per heavy atom. The number of para-hydroxylation sites is 1. The van der Waals surface area contributed by atoms with Crippen LogP contribution < -0.4 is 4.90 Å². The van der Waals surface area contributed by atoms with Crippen molar-refractivity contribution in [3.05, 3.63) is 47.8 Å². The summed E-state index contributed by atoms with van der Waals surface area (Å²) >= 11 is 0. The van der Waals surface area contributed by atoms with Crippen molar-refractivity contribution in [1.82, 2.24) is 4.98 Å². The molecule has 0 unspecified atom stereocenters. The predicted molar refractivity (Wildman–Crippen MR) is 62.7 cm³/mol. The summed E-state index contributed by atoms with van der Waals surface area (Å²) in [5.74, 6) is 0. The zero-order valence-electron chi connectivity index (χ0n) is 8.83. The first kappa shape index (κ1) is 8.60. The number of benzene rings is 1. The van der Waals surface area contributed by atoms with Gasteiger partial charge in [0.1, 0.15) is 0 Å². The molecule has 0 atom stereocenters. The molecule has 2 nitrogen and oxygen atoms in total. The molecule has 0 spiro atoms. The fourth-order valence-corrected chi connectivity index (χ4v) is 2.33. The number of hydrogen-bond donors (Lipinski definition) is 1. The fourth-order valence-electron chi connectivity index (χ4n) is 2.33. The maximum atomic E-state index is 3.23. The van der Waals surface area contributed by atoms with Gasteiger partial charge in [-0.2, -0.15) is 0 Å². The van der Waals surface area contributed by atoms with E-state index in [0.717, 1.165) is 13.0 Å². The summed E-state index contributed by atoms with van der Waals surface area (Å²) in [5.41, 5.74) is 5.37. The van der Waals surface area contributed by atoms with Crippen LogP contribution in [0.1, 0.15) is 11.3 Å². The molecule has 2 aromatic rings. The minimum Gasteiger partial charge on any atom is -0.363 e. The van der Waals surface area contributed by atoms with Crippen LogP contribution in [0.25, 0.3) is 0 Å². The van der Waals surface area contributed by atoms with Gasteiger partial charge in [0.2, 0.25) is 0 Å². The summed E-state index contributed by atoms with van der Waals surface area (Å²) in [6, 6.07) is 10.8. The first-order valence-corrected chi connectivity index (χ1v) is 5.36. The second kappa shape index (κ2) is 3.16. The number of nitrogens with zero attached hydrogens (tertiary/aromatic N) is 1. The highest BCUT2D eigenvalue weighted by Crippen LogP contribution is 2.35. The van der Waals surface area contributed by atoms with Crippen LogP contribution in [0.3, 0.4) is 0 Å². The summed E-state index contributed by atoms with van der Waals surface area (Å²) in [6.07, 6.45) is 3.16. The molecule has 0 bridgehead atoms. The first-order chi connectivity index (χ1) is 7.36. The van der Waals surface area contributed by atoms with Crippen LogP contribution in [0.15, 0.2) is 36.5 Å². The summed E-state index contributed by atoms with van der Waals surface area (Å²) in [7, 11) is 0. The highest BCUT2D eigenvalue weighted by atomic mass is 15.2. The molecule has 0 saturated carbocycles. The van der Waals surface area contributed by atoms with E-state index in [1.54, 1.807) is 0 Å². The van der Waals surface area contributed by atoms with Crippen molar-refractivity contribution in [2.24, 2.45) is 0 Å². The molecule has 0 fully saturated rings. The molecule has 1 aliphatic rings. The van der Waals surface area contributed by atoms with Crippen LogP contribution in [0.5, 0.6) is 0 Å². The Kier molecular flexibility index (Phi) is 1.81. The van der Waals surface area contributed by atoms with Crippen molar-refractivity contribution in [2.45, 2.75) is 13.3 Å². The topological polar surface area (TPSA) is 19.0 Å². The van der Waals surface area contributed by atoms with E-state index < -0.39 is 0 Å². The van der Waals surface area contributed by atoms with Crippen molar-refractivity contribution in [3.63, 3.8) is 0 Å². The van der Waals surface area contributed by atoms with Gasteiger partial charge in [-0.1, -0.05) is 18.2 Å². The Hall–Kier alpha value is -1.70. The van der Waals surface area contributed by atoms with Crippen molar-refractivity contribution < 1.29 is 0 Å². The molecule has 1 aromatic carbocycles. The van der Waals surface area contributed by atoms with Crippen LogP contribution in [0, 0.1) is 6.92 Å². The average Bonchev–Trinajstić information content (AvgIpc) is 2.83. The van der Waals surface area contributed by atoms with Gasteiger partial charge in [-0.3, -0.25) is 0 Å². The van der Waals surface area contributed by atoms with Crippen molar-refractivity contribution in [2.75, 3.05) is 11.4 Å². The summed E-state index contributed by atoms with van der Waals surface area (Å²) in [6.45, 7) is 3.22. The highest BCUT2D eigenvalue weighted by Gasteiger charge is 2.20. The number of aromatic amines is 1. The van der Waals surface area contributed by atoms with E-state index in [0.29, 0.717) is 0 Å². The molecule has 0 amide bonds. The van der Waals surface area contributed by atoms with Crippen molar-refractivity contribution >= 4 is 11.4 Å². The SMILES string of the molecule is Cc1[nH]ccc1N1CCc2ccccc21. The number of anilines is 2. The normalized spacial score (nSPS) is 14.3. The summed E-state index contributed by atoms with van der Waals surface area (Å²) in [5, 5.41) is 0. The molecule has 1 N–H and O–H groups in total. The third kappa shape index (κ3) is 1.25. The highest BCUT2D eigenvalue weighted by molar-refractivity contribution is 5.71. The molecule has 1 aliphatic heterocycles. The molecule has 0 saturated heterocycles. The zero-order chi connectivity index (χ0) is 10.3. The lowest BCUT2D eigenvalue weighted by Crippen LogP contribution is -2.13. The molecule has 3 rings (SSSR count). The van der Waals surface area contributed by atoms with Crippen LogP contribution in [0.2, 0.25) is 0 Å². The maximum Gasteiger partial charge on any atom is 0.0618 e. The predicted octanol–water partition coefficient (Wildman–Crippen LogP) is 3.02. The van der Waals surface area contributed by atoms with Crippen LogP contribution in [0.4, 0.5) is 11.4 Å². The number of H-pyrrole nitrogens is 1. The van der Waals surface area contributed by atoms with Gasteiger partial charge in [-0.15, -0.1) is 0 Å². The minimum absolute atomic E-state index is 1.10. The van der Waals surface area contributed by atoms with Crippen molar-refractivity contribution in [3.8, 4) is 0 Å². The van der Waals surface area contributed by atoms with E-state index in [1.165, 1.54) is 22.6 Å². The average molecular weight is 198 g/mol. The van der Waals surface area contributed by atoms with Gasteiger partial charge in [0, 0.05) is 24.1 Å². The quantitative estimate of drug-likeness (QED) is 0.746. The summed E-state index contributed by atoms with van der Waals surface area (Å²) in [4.78, 5) is 5.62. The van der Waals surface area contributed by atoms with Gasteiger partial charge in [0.25, 0.3) is 0 Å². The number of aryl methyl sites for hydroxylation is 1. The Balaban J connectivity index is 2.08. The Labute approximate surface area is 89.5 Å². The van der Waals surface area contributed by atoms with E-state index in [4.69, 9.17) is 0 Å². The molecule has 2 heteroatoms. The lowest BCUT2D eigenvalue weighted by Gasteiger charge is -2.18. The molecule has 76 valence electrons. The number of fused-ring (bicyclic) bond motifs is 1. The Bertz CT molecular complexity index is 485. The van der Waals surface area contributed by atoms with Gasteiger partial charge < -0.3 is 9.88 Å². The van der Waals surface area contributed by atoms with E-state index in [-0.39, 0.29) is 0 Å². The standard InChI is InChI=1S/C13H14N2/c1-10-12(6-8-14-10)15-9-7-11-4-2-3-5-13(11)15/h2-6,8,14H,7,9H2,1H3. The van der Waals surface area contributed by atoms with Crippen LogP contribution >= 0.6 is 0 Å². The zero-order valence-corrected chi connectivity index (χ0v) is 8.83. The third-order valence-electron chi connectivity index (χ3n) is 3.10. The van der Waals surface area contributed by atoms with E-state index in [2.05, 4.69) is 47.1 Å². The van der Waals surface area contributed by atoms with E-state index in [9.17, 15) is 0 Å². The fraction of sp³-hybridized carbons (Fsp3) is 0.231. The van der Waals surface area contributed by atoms with Crippen molar-refractivity contribution in [1.29, 1.82) is 0 Å². The lowest BCUT2D eigenvalue weighted by molar-refractivity contribution is 0.992. The largest absolute Gasteiger partial charge is 0.363 e. The Morgan fingerprint density at radius 2 is 2.00 bits per heavy atom. The van der Waals surface area contributed by atoms with Gasteiger partial charge in [0.15, 0.2) is 0 Å². The molecule has 15 heavy (non-hydrogen) atoms. The van der Waals surface area contributed by atoms with Gasteiger partial charge >= 0.3 is 0 Å². The first-order valence-electron chi connectivity index (χ1n) is 5.36. The second-order valence-electron chi connectivity index (χ2n) is 4.02. The van der Waals surface area contributed by atoms with Gasteiger partial charge in [0.05, 0.1) is 5.69 Å². The molecular formula is C13H14N2. The number of rotatable bonds is 1. The number of hydrogen-bond acceptors (Lipinski definition) is 1. The molecule has 1 aromatic heterocycles. The molecule has 0 radical (unpaired) electrons. The van der Waals surface area contributed by atoms with Crippen LogP contribution in [-0.4, -0.2) is 11.5 Å². The van der Waals surface area contributed by atoms with Gasteiger partial charge in [-0.05, 0) is 31.0 Å². The Morgan fingerprint density at radius 3 is 2.80 bits per heavy atom. The number of nitrogens with one attached hydrogen (secondary N) is 1. The second-order valence-corrected chi connectivity index (χ2v) is 4.02. The lowest BCUT2D eigenvalue weighted by atomic mass is 10.2. The number of aromatic nitrogens is 1.